The van der Waals surface area contributed by atoms with E-state index in [0.29, 0.717) is 6.04 Å². The first-order valence-corrected chi connectivity index (χ1v) is 10.5. The molecule has 1 aliphatic rings. The van der Waals surface area contributed by atoms with Crippen molar-refractivity contribution in [2.24, 2.45) is 0 Å². The van der Waals surface area contributed by atoms with Crippen LogP contribution in [0.4, 0.5) is 0 Å². The van der Waals surface area contributed by atoms with Crippen LogP contribution in [0.2, 0.25) is 0 Å². The second-order valence-electron chi connectivity index (χ2n) is 6.67. The maximum Gasteiger partial charge on any atom is 0.151 e. The summed E-state index contributed by atoms with van der Waals surface area (Å²) in [6, 6.07) is 12.7. The molecule has 3 rings (SSSR count). The molecule has 2 heterocycles. The molecule has 1 aromatic heterocycles. The Kier molecular flexibility index (Phi) is 5.01. The summed E-state index contributed by atoms with van der Waals surface area (Å²) in [7, 11) is -3.03. The first-order valence-electron chi connectivity index (χ1n) is 8.39. The predicted molar refractivity (Wildman–Crippen MR) is 97.4 cm³/mol. The summed E-state index contributed by atoms with van der Waals surface area (Å²) < 4.78 is 22.7. The zero-order valence-corrected chi connectivity index (χ0v) is 15.1. The van der Waals surface area contributed by atoms with Crippen LogP contribution in [0.5, 0.6) is 0 Å². The number of hydrogen-bond acceptors (Lipinski definition) is 4. The average Bonchev–Trinajstić information content (AvgIpc) is 3.08. The Balaban J connectivity index is 1.80. The van der Waals surface area contributed by atoms with Gasteiger partial charge in [0.2, 0.25) is 0 Å². The highest BCUT2D eigenvalue weighted by atomic mass is 32.2. The van der Waals surface area contributed by atoms with Crippen LogP contribution in [0, 0.1) is 0 Å². The maximum absolute atomic E-state index is 11.4. The highest BCUT2D eigenvalue weighted by Gasteiger charge is 2.19. The normalized spacial score (nSPS) is 17.1. The van der Waals surface area contributed by atoms with Gasteiger partial charge in [0.05, 0.1) is 11.4 Å². The minimum Gasteiger partial charge on any atom is -0.297 e. The number of hydrogen-bond donors (Lipinski definition) is 0. The fourth-order valence-electron chi connectivity index (χ4n) is 3.28. The molecule has 0 radical (unpaired) electrons. The summed E-state index contributed by atoms with van der Waals surface area (Å²) in [4.78, 5) is 6.97. The van der Waals surface area contributed by atoms with Gasteiger partial charge >= 0.3 is 0 Å². The monoisotopic (exact) mass is 344 g/mol. The fraction of sp³-hybridized carbons (Fsp3) is 0.421. The smallest absolute Gasteiger partial charge is 0.151 e. The predicted octanol–water partition coefficient (Wildman–Crippen LogP) is 3.45. The van der Waals surface area contributed by atoms with Gasteiger partial charge in [-0.1, -0.05) is 24.3 Å². The molecule has 1 aromatic carbocycles. The van der Waals surface area contributed by atoms with Crippen molar-refractivity contribution in [3.63, 3.8) is 0 Å². The molecule has 24 heavy (non-hydrogen) atoms. The largest absolute Gasteiger partial charge is 0.297 e. The van der Waals surface area contributed by atoms with E-state index in [2.05, 4.69) is 41.1 Å². The molecule has 1 fully saturated rings. The molecule has 5 heteroatoms. The maximum atomic E-state index is 11.4. The van der Waals surface area contributed by atoms with Crippen molar-refractivity contribution in [3.8, 4) is 11.3 Å². The molecule has 0 amide bonds. The summed E-state index contributed by atoms with van der Waals surface area (Å²) in [6.07, 6.45) is 5.47. The number of aromatic nitrogens is 1. The van der Waals surface area contributed by atoms with Crippen molar-refractivity contribution in [2.75, 3.05) is 19.3 Å². The van der Waals surface area contributed by atoms with E-state index in [4.69, 9.17) is 0 Å². The standard InChI is InChI=1S/C19H24N2O2S/c1-15(21-10-3-4-11-21)17-6-5-7-18(12-17)19-9-8-16(13-20-19)14-24(2,22)23/h5-9,12-13,15H,3-4,10-11,14H2,1-2H3/t15-/m1/s1. The first-order chi connectivity index (χ1) is 11.4. The van der Waals surface area contributed by atoms with Crippen LogP contribution in [0.3, 0.4) is 0 Å². The molecule has 0 unspecified atom stereocenters. The number of sulfone groups is 1. The third kappa shape index (κ3) is 4.22. The Morgan fingerprint density at radius 1 is 1.17 bits per heavy atom. The van der Waals surface area contributed by atoms with Crippen LogP contribution in [0.1, 0.15) is 36.9 Å². The molecule has 1 aliphatic heterocycles. The van der Waals surface area contributed by atoms with E-state index in [-0.39, 0.29) is 5.75 Å². The van der Waals surface area contributed by atoms with Crippen LogP contribution in [-0.4, -0.2) is 37.6 Å². The lowest BCUT2D eigenvalue weighted by molar-refractivity contribution is 0.263. The Labute approximate surface area is 144 Å². The minimum atomic E-state index is -3.03. The molecule has 4 nitrogen and oxygen atoms in total. The Bertz CT molecular complexity index is 794. The number of pyridine rings is 1. The van der Waals surface area contributed by atoms with E-state index in [1.165, 1.54) is 37.8 Å². The molecule has 1 saturated heterocycles. The first kappa shape index (κ1) is 17.1. The molecule has 0 aliphatic carbocycles. The van der Waals surface area contributed by atoms with Gasteiger partial charge in [0.25, 0.3) is 0 Å². The Morgan fingerprint density at radius 2 is 1.92 bits per heavy atom. The zero-order chi connectivity index (χ0) is 17.2. The number of benzene rings is 1. The second-order valence-corrected chi connectivity index (χ2v) is 8.81. The fourth-order valence-corrected chi connectivity index (χ4v) is 4.06. The van der Waals surface area contributed by atoms with Crippen LogP contribution in [0.25, 0.3) is 11.3 Å². The van der Waals surface area contributed by atoms with Crippen LogP contribution < -0.4 is 0 Å². The van der Waals surface area contributed by atoms with Crippen LogP contribution >= 0.6 is 0 Å². The van der Waals surface area contributed by atoms with Crippen molar-refractivity contribution in [1.82, 2.24) is 9.88 Å². The lowest BCUT2D eigenvalue weighted by Crippen LogP contribution is -2.23. The van der Waals surface area contributed by atoms with E-state index >= 15 is 0 Å². The van der Waals surface area contributed by atoms with E-state index in [0.717, 1.165) is 16.8 Å². The highest BCUT2D eigenvalue weighted by molar-refractivity contribution is 7.89. The SMILES string of the molecule is C[C@H](c1cccc(-c2ccc(CS(C)(=O)=O)cn2)c1)N1CCCC1. The molecule has 2 aromatic rings. The molecule has 0 spiro atoms. The summed E-state index contributed by atoms with van der Waals surface area (Å²) >= 11 is 0. The lowest BCUT2D eigenvalue weighted by atomic mass is 10.0. The van der Waals surface area contributed by atoms with Crippen LogP contribution in [0.15, 0.2) is 42.6 Å². The third-order valence-electron chi connectivity index (χ3n) is 4.61. The van der Waals surface area contributed by atoms with E-state index in [9.17, 15) is 8.42 Å². The quantitative estimate of drug-likeness (QED) is 0.833. The van der Waals surface area contributed by atoms with Gasteiger partial charge in [0.15, 0.2) is 9.84 Å². The van der Waals surface area contributed by atoms with E-state index < -0.39 is 9.84 Å². The van der Waals surface area contributed by atoms with E-state index in [1.54, 1.807) is 6.20 Å². The van der Waals surface area contributed by atoms with Crippen molar-refractivity contribution in [1.29, 1.82) is 0 Å². The number of nitrogens with zero attached hydrogens (tertiary/aromatic N) is 2. The summed E-state index contributed by atoms with van der Waals surface area (Å²) in [5, 5.41) is 0. The molecular formula is C19H24N2O2S. The third-order valence-corrected chi connectivity index (χ3v) is 5.46. The topological polar surface area (TPSA) is 50.3 Å². The van der Waals surface area contributed by atoms with Gasteiger partial charge in [0.1, 0.15) is 0 Å². The van der Waals surface area contributed by atoms with Crippen molar-refractivity contribution >= 4 is 9.84 Å². The summed E-state index contributed by atoms with van der Waals surface area (Å²) in [5.74, 6) is 0.0340. The minimum absolute atomic E-state index is 0.0340. The molecule has 0 bridgehead atoms. The van der Waals surface area contributed by atoms with Gasteiger partial charge in [-0.3, -0.25) is 9.88 Å². The Hall–Kier alpha value is -1.72. The summed E-state index contributed by atoms with van der Waals surface area (Å²) in [6.45, 7) is 4.60. The van der Waals surface area contributed by atoms with Gasteiger partial charge in [0, 0.05) is 24.1 Å². The van der Waals surface area contributed by atoms with Crippen molar-refractivity contribution in [2.45, 2.75) is 31.6 Å². The van der Waals surface area contributed by atoms with Crippen molar-refractivity contribution < 1.29 is 8.42 Å². The van der Waals surface area contributed by atoms with Gasteiger partial charge in [-0.2, -0.15) is 0 Å². The molecule has 0 N–H and O–H groups in total. The van der Waals surface area contributed by atoms with Gasteiger partial charge < -0.3 is 0 Å². The molecular weight excluding hydrogens is 320 g/mol. The van der Waals surface area contributed by atoms with Gasteiger partial charge in [-0.05, 0) is 56.1 Å². The number of likely N-dealkylation sites (tertiary alicyclic amines) is 1. The average molecular weight is 344 g/mol. The number of rotatable bonds is 5. The second kappa shape index (κ2) is 7.03. The van der Waals surface area contributed by atoms with E-state index in [1.807, 2.05) is 12.1 Å². The molecule has 128 valence electrons. The Morgan fingerprint density at radius 3 is 2.54 bits per heavy atom. The van der Waals surface area contributed by atoms with Crippen molar-refractivity contribution in [3.05, 3.63) is 53.7 Å². The van der Waals surface area contributed by atoms with Crippen LogP contribution in [-0.2, 0) is 15.6 Å². The van der Waals surface area contributed by atoms with Gasteiger partial charge in [-0.15, -0.1) is 0 Å². The lowest BCUT2D eigenvalue weighted by Gasteiger charge is -2.24. The molecule has 0 saturated carbocycles. The summed E-state index contributed by atoms with van der Waals surface area (Å²) in [5.41, 5.74) is 3.98. The highest BCUT2D eigenvalue weighted by Crippen LogP contribution is 2.27. The van der Waals surface area contributed by atoms with Gasteiger partial charge in [-0.25, -0.2) is 8.42 Å². The zero-order valence-electron chi connectivity index (χ0n) is 14.3. The molecule has 1 atom stereocenters.